The number of aryl methyl sites for hydroxylation is 1. The highest BCUT2D eigenvalue weighted by atomic mass is 16.1. The monoisotopic (exact) mass is 216 g/mol. The van der Waals surface area contributed by atoms with Crippen LogP contribution >= 0.6 is 0 Å². The Labute approximate surface area is 92.5 Å². The SMILES string of the molecule is C=CCn1ccnc1-c1cc(C)n[nH]c1=O. The minimum atomic E-state index is -0.234. The van der Waals surface area contributed by atoms with E-state index < -0.39 is 0 Å². The summed E-state index contributed by atoms with van der Waals surface area (Å²) in [5, 5.41) is 6.27. The molecule has 2 aromatic rings. The van der Waals surface area contributed by atoms with Gasteiger partial charge in [-0.25, -0.2) is 10.1 Å². The van der Waals surface area contributed by atoms with Gasteiger partial charge in [-0.3, -0.25) is 4.79 Å². The Morgan fingerprint density at radius 2 is 2.44 bits per heavy atom. The van der Waals surface area contributed by atoms with Gasteiger partial charge in [-0.05, 0) is 13.0 Å². The maximum atomic E-state index is 11.6. The molecule has 0 bridgehead atoms. The summed E-state index contributed by atoms with van der Waals surface area (Å²) in [5.41, 5.74) is 1.05. The van der Waals surface area contributed by atoms with Crippen LogP contribution in [0.2, 0.25) is 0 Å². The third-order valence-corrected chi connectivity index (χ3v) is 2.21. The van der Waals surface area contributed by atoms with Gasteiger partial charge in [0.15, 0.2) is 0 Å². The molecule has 0 spiro atoms. The van der Waals surface area contributed by atoms with Gasteiger partial charge in [0.25, 0.3) is 5.56 Å². The molecular formula is C11H12N4O. The van der Waals surface area contributed by atoms with Gasteiger partial charge in [-0.1, -0.05) is 6.08 Å². The Balaban J connectivity index is 2.58. The van der Waals surface area contributed by atoms with Gasteiger partial charge in [0.2, 0.25) is 0 Å². The van der Waals surface area contributed by atoms with Gasteiger partial charge in [0.1, 0.15) is 5.82 Å². The summed E-state index contributed by atoms with van der Waals surface area (Å²) >= 11 is 0. The minimum Gasteiger partial charge on any atom is -0.327 e. The summed E-state index contributed by atoms with van der Waals surface area (Å²) in [6.45, 7) is 6.10. The van der Waals surface area contributed by atoms with Crippen LogP contribution < -0.4 is 5.56 Å². The van der Waals surface area contributed by atoms with Gasteiger partial charge < -0.3 is 4.57 Å². The minimum absolute atomic E-state index is 0.234. The molecule has 2 aromatic heterocycles. The Morgan fingerprint density at radius 3 is 3.19 bits per heavy atom. The lowest BCUT2D eigenvalue weighted by molar-refractivity contribution is 0.826. The van der Waals surface area contributed by atoms with E-state index in [1.807, 2.05) is 17.7 Å². The molecule has 0 atom stereocenters. The maximum Gasteiger partial charge on any atom is 0.275 e. The van der Waals surface area contributed by atoms with Crippen molar-refractivity contribution in [3.63, 3.8) is 0 Å². The van der Waals surface area contributed by atoms with Gasteiger partial charge in [-0.15, -0.1) is 6.58 Å². The molecule has 0 radical (unpaired) electrons. The molecule has 5 heteroatoms. The highest BCUT2D eigenvalue weighted by Crippen LogP contribution is 2.12. The van der Waals surface area contributed by atoms with Crippen molar-refractivity contribution in [3.8, 4) is 11.4 Å². The van der Waals surface area contributed by atoms with E-state index in [2.05, 4.69) is 21.8 Å². The number of hydrogen-bond donors (Lipinski definition) is 1. The van der Waals surface area contributed by atoms with Crippen LogP contribution in [0, 0.1) is 6.92 Å². The second-order valence-corrected chi connectivity index (χ2v) is 3.44. The summed E-state index contributed by atoms with van der Waals surface area (Å²) in [6.07, 6.45) is 5.23. The number of allylic oxidation sites excluding steroid dienone is 1. The topological polar surface area (TPSA) is 63.6 Å². The van der Waals surface area contributed by atoms with Crippen LogP contribution in [0.4, 0.5) is 0 Å². The molecule has 0 unspecified atom stereocenters. The first-order chi connectivity index (χ1) is 7.72. The lowest BCUT2D eigenvalue weighted by atomic mass is 10.2. The lowest BCUT2D eigenvalue weighted by Crippen LogP contribution is -2.14. The summed E-state index contributed by atoms with van der Waals surface area (Å²) in [7, 11) is 0. The van der Waals surface area contributed by atoms with Crippen LogP contribution in [-0.4, -0.2) is 19.7 Å². The van der Waals surface area contributed by atoms with Crippen LogP contribution in [0.25, 0.3) is 11.4 Å². The molecule has 5 nitrogen and oxygen atoms in total. The Hall–Kier alpha value is -2.17. The number of rotatable bonds is 3. The first kappa shape index (κ1) is 10.4. The van der Waals surface area contributed by atoms with E-state index in [1.54, 1.807) is 18.3 Å². The molecule has 0 aliphatic carbocycles. The fourth-order valence-corrected chi connectivity index (χ4v) is 1.51. The van der Waals surface area contributed by atoms with Gasteiger partial charge in [0, 0.05) is 18.9 Å². The summed E-state index contributed by atoms with van der Waals surface area (Å²) in [6, 6.07) is 1.72. The molecule has 0 aliphatic heterocycles. The largest absolute Gasteiger partial charge is 0.327 e. The molecular weight excluding hydrogens is 204 g/mol. The summed E-state index contributed by atoms with van der Waals surface area (Å²) in [4.78, 5) is 15.8. The average molecular weight is 216 g/mol. The van der Waals surface area contributed by atoms with Crippen molar-refractivity contribution < 1.29 is 0 Å². The number of hydrogen-bond acceptors (Lipinski definition) is 3. The molecule has 2 heterocycles. The maximum absolute atomic E-state index is 11.6. The zero-order valence-corrected chi connectivity index (χ0v) is 8.97. The van der Waals surface area contributed by atoms with Gasteiger partial charge in [0.05, 0.1) is 11.3 Å². The number of aromatic nitrogens is 4. The molecule has 0 fully saturated rings. The van der Waals surface area contributed by atoms with Crippen molar-refractivity contribution in [1.29, 1.82) is 0 Å². The Bertz CT molecular complexity index is 567. The van der Waals surface area contributed by atoms with Gasteiger partial charge >= 0.3 is 0 Å². The summed E-state index contributed by atoms with van der Waals surface area (Å²) in [5.74, 6) is 0.631. The molecule has 1 N–H and O–H groups in total. The van der Waals surface area contributed by atoms with Crippen molar-refractivity contribution in [2.24, 2.45) is 0 Å². The third-order valence-electron chi connectivity index (χ3n) is 2.21. The van der Waals surface area contributed by atoms with Crippen LogP contribution in [0.5, 0.6) is 0 Å². The second-order valence-electron chi connectivity index (χ2n) is 3.44. The number of nitrogens with one attached hydrogen (secondary N) is 1. The molecule has 0 aromatic carbocycles. The fourth-order valence-electron chi connectivity index (χ4n) is 1.51. The number of aromatic amines is 1. The van der Waals surface area contributed by atoms with Crippen LogP contribution in [0.1, 0.15) is 5.69 Å². The molecule has 0 amide bonds. The van der Waals surface area contributed by atoms with Crippen LogP contribution in [0.3, 0.4) is 0 Å². The third kappa shape index (κ3) is 1.79. The quantitative estimate of drug-likeness (QED) is 0.782. The van der Waals surface area contributed by atoms with Crippen molar-refractivity contribution in [2.45, 2.75) is 13.5 Å². The first-order valence-corrected chi connectivity index (χ1v) is 4.91. The van der Waals surface area contributed by atoms with E-state index >= 15 is 0 Å². The highest BCUT2D eigenvalue weighted by Gasteiger charge is 2.09. The standard InChI is InChI=1S/C11H12N4O/c1-3-5-15-6-4-12-10(15)9-7-8(2)13-14-11(9)16/h3-4,6-7H,1,5H2,2H3,(H,14,16). The summed E-state index contributed by atoms with van der Waals surface area (Å²) < 4.78 is 1.86. The van der Waals surface area contributed by atoms with Gasteiger partial charge in [-0.2, -0.15) is 5.10 Å². The molecule has 16 heavy (non-hydrogen) atoms. The predicted molar refractivity (Wildman–Crippen MR) is 61.0 cm³/mol. The molecule has 0 saturated carbocycles. The smallest absolute Gasteiger partial charge is 0.275 e. The van der Waals surface area contributed by atoms with Crippen molar-refractivity contribution >= 4 is 0 Å². The van der Waals surface area contributed by atoms with E-state index in [-0.39, 0.29) is 5.56 Å². The Morgan fingerprint density at radius 1 is 1.62 bits per heavy atom. The predicted octanol–water partition coefficient (Wildman–Crippen LogP) is 1.13. The van der Waals surface area contributed by atoms with E-state index in [9.17, 15) is 4.79 Å². The van der Waals surface area contributed by atoms with Crippen molar-refractivity contribution in [2.75, 3.05) is 0 Å². The molecule has 0 aliphatic rings. The van der Waals surface area contributed by atoms with E-state index in [0.29, 0.717) is 17.9 Å². The number of H-pyrrole nitrogens is 1. The van der Waals surface area contributed by atoms with E-state index in [1.165, 1.54) is 0 Å². The average Bonchev–Trinajstić information content (AvgIpc) is 2.70. The zero-order valence-electron chi connectivity index (χ0n) is 8.97. The highest BCUT2D eigenvalue weighted by molar-refractivity contribution is 5.54. The lowest BCUT2D eigenvalue weighted by Gasteiger charge is -2.04. The van der Waals surface area contributed by atoms with Crippen molar-refractivity contribution in [3.05, 3.63) is 47.2 Å². The molecule has 2 rings (SSSR count). The van der Waals surface area contributed by atoms with Crippen molar-refractivity contribution in [1.82, 2.24) is 19.7 Å². The zero-order chi connectivity index (χ0) is 11.5. The first-order valence-electron chi connectivity index (χ1n) is 4.91. The normalized spacial score (nSPS) is 10.3. The second kappa shape index (κ2) is 4.14. The van der Waals surface area contributed by atoms with Crippen LogP contribution in [0.15, 0.2) is 35.9 Å². The molecule has 0 saturated heterocycles. The van der Waals surface area contributed by atoms with E-state index in [4.69, 9.17) is 0 Å². The number of imidazole rings is 1. The van der Waals surface area contributed by atoms with E-state index in [0.717, 1.165) is 5.69 Å². The van der Waals surface area contributed by atoms with Crippen LogP contribution in [-0.2, 0) is 6.54 Å². The Kier molecular flexibility index (Phi) is 2.68. The number of nitrogens with zero attached hydrogens (tertiary/aromatic N) is 3. The molecule has 82 valence electrons. The fraction of sp³-hybridized carbons (Fsp3) is 0.182.